The Kier molecular flexibility index (Phi) is 3.24. The molecule has 1 unspecified atom stereocenters. The highest BCUT2D eigenvalue weighted by molar-refractivity contribution is 7.98. The lowest BCUT2D eigenvalue weighted by molar-refractivity contribution is 0.478. The van der Waals surface area contributed by atoms with E-state index in [1.807, 2.05) is 24.4 Å². The van der Waals surface area contributed by atoms with E-state index in [4.69, 9.17) is 5.73 Å². The number of hydrogen-bond acceptors (Lipinski definition) is 5. The third kappa shape index (κ3) is 2.77. The highest BCUT2D eigenvalue weighted by Gasteiger charge is 2.41. The topological polar surface area (TPSA) is 62.4 Å². The quantitative estimate of drug-likeness (QED) is 0.740. The van der Waals surface area contributed by atoms with Crippen LogP contribution in [0.25, 0.3) is 0 Å². The SMILES string of the molecule is CSc1ccc(NC2=NC(N)(C3CC3)C=CN2)cc1. The lowest BCUT2D eigenvalue weighted by Gasteiger charge is -2.26. The number of thioether (sulfide) groups is 1. The van der Waals surface area contributed by atoms with E-state index in [2.05, 4.69) is 34.0 Å². The van der Waals surface area contributed by atoms with Gasteiger partial charge in [0, 0.05) is 22.7 Å². The van der Waals surface area contributed by atoms with Crippen molar-refractivity contribution in [1.82, 2.24) is 5.32 Å². The van der Waals surface area contributed by atoms with Crippen molar-refractivity contribution >= 4 is 23.4 Å². The first-order valence-electron chi connectivity index (χ1n) is 6.44. The van der Waals surface area contributed by atoms with Gasteiger partial charge in [-0.2, -0.15) is 0 Å². The normalized spacial score (nSPS) is 25.7. The van der Waals surface area contributed by atoms with Crippen LogP contribution in [-0.4, -0.2) is 17.9 Å². The standard InChI is InChI=1S/C14H18N4S/c1-19-12-6-4-11(5-7-12)17-13-16-9-8-14(15,18-13)10-2-3-10/h4-10H,2-3,15H2,1H3,(H2,16,17,18). The molecule has 0 spiro atoms. The molecule has 1 aliphatic carbocycles. The largest absolute Gasteiger partial charge is 0.333 e. The molecule has 0 amide bonds. The van der Waals surface area contributed by atoms with Gasteiger partial charge in [0.2, 0.25) is 5.96 Å². The molecule has 1 aliphatic heterocycles. The minimum atomic E-state index is -0.535. The summed E-state index contributed by atoms with van der Waals surface area (Å²) in [6.45, 7) is 0. The molecule has 0 radical (unpaired) electrons. The Balaban J connectivity index is 1.73. The second-order valence-corrected chi connectivity index (χ2v) is 5.83. The summed E-state index contributed by atoms with van der Waals surface area (Å²) in [5.41, 5.74) is 6.77. The number of nitrogens with one attached hydrogen (secondary N) is 2. The second-order valence-electron chi connectivity index (χ2n) is 4.95. The molecular formula is C14H18N4S. The van der Waals surface area contributed by atoms with Gasteiger partial charge in [0.1, 0.15) is 5.66 Å². The second kappa shape index (κ2) is 4.90. The number of benzene rings is 1. The number of hydrogen-bond donors (Lipinski definition) is 3. The highest BCUT2D eigenvalue weighted by atomic mass is 32.2. The van der Waals surface area contributed by atoms with Gasteiger partial charge in [-0.3, -0.25) is 0 Å². The molecule has 100 valence electrons. The Labute approximate surface area is 117 Å². The maximum Gasteiger partial charge on any atom is 0.202 e. The molecule has 1 atom stereocenters. The van der Waals surface area contributed by atoms with E-state index in [9.17, 15) is 0 Å². The summed E-state index contributed by atoms with van der Waals surface area (Å²) < 4.78 is 0. The van der Waals surface area contributed by atoms with Crippen molar-refractivity contribution in [2.45, 2.75) is 23.4 Å². The van der Waals surface area contributed by atoms with Gasteiger partial charge in [0.15, 0.2) is 0 Å². The highest BCUT2D eigenvalue weighted by Crippen LogP contribution is 2.40. The lowest BCUT2D eigenvalue weighted by atomic mass is 10.1. The molecule has 2 aliphatic rings. The van der Waals surface area contributed by atoms with Crippen LogP contribution in [0.5, 0.6) is 0 Å². The van der Waals surface area contributed by atoms with Crippen LogP contribution in [-0.2, 0) is 0 Å². The minimum Gasteiger partial charge on any atom is -0.333 e. The monoisotopic (exact) mass is 274 g/mol. The number of rotatable bonds is 3. The van der Waals surface area contributed by atoms with Crippen LogP contribution in [0.15, 0.2) is 46.4 Å². The van der Waals surface area contributed by atoms with Crippen LogP contribution in [0.3, 0.4) is 0 Å². The molecular weight excluding hydrogens is 256 g/mol. The summed E-state index contributed by atoms with van der Waals surface area (Å²) in [4.78, 5) is 5.84. The van der Waals surface area contributed by atoms with Crippen LogP contribution < -0.4 is 16.4 Å². The van der Waals surface area contributed by atoms with Gasteiger partial charge in [-0.1, -0.05) is 0 Å². The zero-order valence-corrected chi connectivity index (χ0v) is 11.7. The fourth-order valence-electron chi connectivity index (χ4n) is 2.17. The predicted octanol–water partition coefficient (Wildman–Crippen LogP) is 2.36. The van der Waals surface area contributed by atoms with Crippen molar-refractivity contribution in [2.75, 3.05) is 11.6 Å². The molecule has 19 heavy (non-hydrogen) atoms. The van der Waals surface area contributed by atoms with Crippen molar-refractivity contribution in [3.8, 4) is 0 Å². The van der Waals surface area contributed by atoms with Crippen LogP contribution in [0.4, 0.5) is 5.69 Å². The van der Waals surface area contributed by atoms with E-state index >= 15 is 0 Å². The molecule has 1 aromatic rings. The fraction of sp³-hybridized carbons (Fsp3) is 0.357. The zero-order valence-electron chi connectivity index (χ0n) is 10.9. The molecule has 0 aromatic heterocycles. The summed E-state index contributed by atoms with van der Waals surface area (Å²) in [6.07, 6.45) is 8.23. The Morgan fingerprint density at radius 2 is 2.11 bits per heavy atom. The molecule has 1 heterocycles. The first-order chi connectivity index (χ1) is 9.19. The number of guanidine groups is 1. The smallest absolute Gasteiger partial charge is 0.202 e. The van der Waals surface area contributed by atoms with Crippen molar-refractivity contribution in [2.24, 2.45) is 16.6 Å². The maximum absolute atomic E-state index is 6.30. The van der Waals surface area contributed by atoms with E-state index in [0.717, 1.165) is 5.69 Å². The minimum absolute atomic E-state index is 0.488. The number of nitrogens with two attached hydrogens (primary N) is 1. The van der Waals surface area contributed by atoms with Gasteiger partial charge in [0.25, 0.3) is 0 Å². The third-order valence-electron chi connectivity index (χ3n) is 3.46. The van der Waals surface area contributed by atoms with Crippen molar-refractivity contribution in [3.63, 3.8) is 0 Å². The van der Waals surface area contributed by atoms with Crippen molar-refractivity contribution < 1.29 is 0 Å². The Hall–Kier alpha value is -1.46. The average molecular weight is 274 g/mol. The van der Waals surface area contributed by atoms with Gasteiger partial charge < -0.3 is 16.4 Å². The Bertz CT molecular complexity index is 519. The molecule has 5 heteroatoms. The van der Waals surface area contributed by atoms with E-state index in [1.165, 1.54) is 17.7 Å². The summed E-state index contributed by atoms with van der Waals surface area (Å²) >= 11 is 1.73. The summed E-state index contributed by atoms with van der Waals surface area (Å²) in [7, 11) is 0. The first-order valence-corrected chi connectivity index (χ1v) is 7.66. The van der Waals surface area contributed by atoms with Crippen LogP contribution in [0.2, 0.25) is 0 Å². The Morgan fingerprint density at radius 1 is 1.37 bits per heavy atom. The molecule has 4 N–H and O–H groups in total. The van der Waals surface area contributed by atoms with Crippen molar-refractivity contribution in [3.05, 3.63) is 36.5 Å². The van der Waals surface area contributed by atoms with Gasteiger partial charge >= 0.3 is 0 Å². The molecule has 1 fully saturated rings. The number of anilines is 1. The number of nitrogens with zero attached hydrogens (tertiary/aromatic N) is 1. The van der Waals surface area contributed by atoms with Crippen LogP contribution in [0.1, 0.15) is 12.8 Å². The summed E-state index contributed by atoms with van der Waals surface area (Å²) in [5.74, 6) is 1.20. The fourth-order valence-corrected chi connectivity index (χ4v) is 2.57. The van der Waals surface area contributed by atoms with Crippen molar-refractivity contribution in [1.29, 1.82) is 0 Å². The Morgan fingerprint density at radius 3 is 2.74 bits per heavy atom. The summed E-state index contributed by atoms with van der Waals surface area (Å²) in [6, 6.07) is 8.26. The van der Waals surface area contributed by atoms with Gasteiger partial charge in [-0.15, -0.1) is 11.8 Å². The molecule has 1 aromatic carbocycles. The number of aliphatic imine (C=N–C) groups is 1. The van der Waals surface area contributed by atoms with E-state index < -0.39 is 5.66 Å². The third-order valence-corrected chi connectivity index (χ3v) is 4.20. The predicted molar refractivity (Wildman–Crippen MR) is 81.2 cm³/mol. The first kappa shape index (κ1) is 12.6. The van der Waals surface area contributed by atoms with Crippen LogP contribution in [0, 0.1) is 5.92 Å². The average Bonchev–Trinajstić information content (AvgIpc) is 3.24. The molecule has 4 nitrogen and oxygen atoms in total. The molecule has 0 bridgehead atoms. The van der Waals surface area contributed by atoms with Gasteiger partial charge in [-0.25, -0.2) is 4.99 Å². The van der Waals surface area contributed by atoms with E-state index in [0.29, 0.717) is 11.9 Å². The molecule has 0 saturated heterocycles. The van der Waals surface area contributed by atoms with E-state index in [-0.39, 0.29) is 0 Å². The molecule has 3 rings (SSSR count). The van der Waals surface area contributed by atoms with Gasteiger partial charge in [-0.05, 0) is 49.4 Å². The van der Waals surface area contributed by atoms with E-state index in [1.54, 1.807) is 11.8 Å². The zero-order chi connectivity index (χ0) is 13.3. The van der Waals surface area contributed by atoms with Gasteiger partial charge in [0.05, 0.1) is 0 Å². The lowest BCUT2D eigenvalue weighted by Crippen LogP contribution is -2.45. The maximum atomic E-state index is 6.30. The molecule has 1 saturated carbocycles. The summed E-state index contributed by atoms with van der Waals surface area (Å²) in [5, 5.41) is 6.38. The van der Waals surface area contributed by atoms with Crippen LogP contribution >= 0.6 is 11.8 Å².